The van der Waals surface area contributed by atoms with E-state index in [0.717, 1.165) is 0 Å². The monoisotopic (exact) mass is 277 g/mol. The summed E-state index contributed by atoms with van der Waals surface area (Å²) in [6.45, 7) is 2.21. The molecule has 1 saturated carbocycles. The first-order valence-corrected chi connectivity index (χ1v) is 6.87. The van der Waals surface area contributed by atoms with Crippen LogP contribution in [0.2, 0.25) is 0 Å². The fourth-order valence-corrected chi connectivity index (χ4v) is 3.62. The van der Waals surface area contributed by atoms with Gasteiger partial charge in [-0.05, 0) is 43.5 Å². The van der Waals surface area contributed by atoms with Crippen molar-refractivity contribution in [1.82, 2.24) is 0 Å². The van der Waals surface area contributed by atoms with Crippen LogP contribution < -0.4 is 0 Å². The Morgan fingerprint density at radius 2 is 1.94 bits per heavy atom. The van der Waals surface area contributed by atoms with E-state index in [1.54, 1.807) is 0 Å². The van der Waals surface area contributed by atoms with E-state index in [4.69, 9.17) is 4.99 Å². The van der Waals surface area contributed by atoms with E-state index in [2.05, 4.69) is 41.1 Å². The van der Waals surface area contributed by atoms with Crippen LogP contribution >= 0.6 is 15.9 Å². The van der Waals surface area contributed by atoms with E-state index in [1.807, 2.05) is 0 Å². The number of nitrogens with zero attached hydrogens (tertiary/aromatic N) is 1. The van der Waals surface area contributed by atoms with Gasteiger partial charge in [-0.25, -0.2) is 0 Å². The topological polar surface area (TPSA) is 12.4 Å². The second-order valence-corrected chi connectivity index (χ2v) is 5.92. The highest BCUT2D eigenvalue weighted by Gasteiger charge is 2.41. The molecule has 1 nitrogen and oxygen atoms in total. The molecule has 0 bridgehead atoms. The molecule has 0 atom stereocenters. The predicted octanol–water partition coefficient (Wildman–Crippen LogP) is 4.76. The summed E-state index contributed by atoms with van der Waals surface area (Å²) in [6.07, 6.45) is 6.65. The Morgan fingerprint density at radius 3 is 2.69 bits per heavy atom. The average molecular weight is 278 g/mol. The molecule has 0 radical (unpaired) electrons. The number of halogens is 1. The van der Waals surface area contributed by atoms with Crippen LogP contribution in [0.3, 0.4) is 0 Å². The van der Waals surface area contributed by atoms with Crippen LogP contribution in [0, 0.1) is 0 Å². The lowest BCUT2D eigenvalue weighted by Crippen LogP contribution is -2.33. The van der Waals surface area contributed by atoms with Crippen molar-refractivity contribution in [1.29, 1.82) is 0 Å². The van der Waals surface area contributed by atoms with Gasteiger partial charge in [-0.2, -0.15) is 0 Å². The Balaban J connectivity index is 2.14. The highest BCUT2D eigenvalue weighted by molar-refractivity contribution is 9.10. The van der Waals surface area contributed by atoms with E-state index in [9.17, 15) is 0 Å². The van der Waals surface area contributed by atoms with Gasteiger partial charge < -0.3 is 0 Å². The Morgan fingerprint density at radius 1 is 1.19 bits per heavy atom. The Labute approximate surface area is 105 Å². The molecule has 1 aliphatic heterocycles. The van der Waals surface area contributed by atoms with Crippen LogP contribution in [0.15, 0.2) is 27.7 Å². The van der Waals surface area contributed by atoms with Crippen molar-refractivity contribution in [2.45, 2.75) is 44.4 Å². The normalized spacial score (nSPS) is 22.0. The zero-order valence-corrected chi connectivity index (χ0v) is 11.2. The molecule has 84 valence electrons. The van der Waals surface area contributed by atoms with Crippen molar-refractivity contribution >= 4 is 27.3 Å². The molecule has 2 heteroatoms. The van der Waals surface area contributed by atoms with Crippen molar-refractivity contribution < 1.29 is 0 Å². The second-order valence-electron chi connectivity index (χ2n) is 5.00. The number of aliphatic imine (C=N–C) groups is 1. The maximum atomic E-state index is 4.77. The van der Waals surface area contributed by atoms with Crippen LogP contribution in [0.5, 0.6) is 0 Å². The molecule has 1 aromatic carbocycles. The van der Waals surface area contributed by atoms with Crippen molar-refractivity contribution in [3.8, 4) is 0 Å². The summed E-state index contributed by atoms with van der Waals surface area (Å²) in [6, 6.07) is 6.52. The van der Waals surface area contributed by atoms with E-state index >= 15 is 0 Å². The largest absolute Gasteiger partial charge is 0.257 e. The van der Waals surface area contributed by atoms with Gasteiger partial charge >= 0.3 is 0 Å². The van der Waals surface area contributed by atoms with Crippen molar-refractivity contribution in [3.63, 3.8) is 0 Å². The molecule has 1 aliphatic carbocycles. The second kappa shape index (κ2) is 3.69. The van der Waals surface area contributed by atoms with Gasteiger partial charge in [0.25, 0.3) is 0 Å². The van der Waals surface area contributed by atoms with Crippen molar-refractivity contribution in [3.05, 3.63) is 28.2 Å². The highest BCUT2D eigenvalue weighted by atomic mass is 79.9. The fraction of sp³-hybridized carbons (Fsp3) is 0.500. The quantitative estimate of drug-likeness (QED) is 0.649. The van der Waals surface area contributed by atoms with Gasteiger partial charge in [-0.1, -0.05) is 35.2 Å². The maximum Gasteiger partial charge on any atom is 0.0671 e. The van der Waals surface area contributed by atoms with Gasteiger partial charge in [-0.3, -0.25) is 4.99 Å². The third-order valence-electron chi connectivity index (χ3n) is 4.16. The van der Waals surface area contributed by atoms with Gasteiger partial charge in [0.2, 0.25) is 0 Å². The minimum atomic E-state index is 0.275. The van der Waals surface area contributed by atoms with E-state index in [-0.39, 0.29) is 5.41 Å². The van der Waals surface area contributed by atoms with E-state index in [0.29, 0.717) is 0 Å². The molecule has 0 saturated heterocycles. The summed E-state index contributed by atoms with van der Waals surface area (Å²) in [7, 11) is 0. The molecule has 2 aliphatic rings. The summed E-state index contributed by atoms with van der Waals surface area (Å²) in [5.41, 5.74) is 4.26. The van der Waals surface area contributed by atoms with Crippen LogP contribution in [0.25, 0.3) is 0 Å². The first-order valence-electron chi connectivity index (χ1n) is 6.08. The smallest absolute Gasteiger partial charge is 0.0671 e. The van der Waals surface area contributed by atoms with Gasteiger partial charge in [0.05, 0.1) is 5.69 Å². The standard InChI is InChI=1S/C14H16BrN/c1-10-14(7-3-2-4-8-14)12-9-11(15)5-6-13(12)16-10/h5-6,9H,2-4,7-8H2,1H3. The summed E-state index contributed by atoms with van der Waals surface area (Å²) >= 11 is 3.58. The number of hydrogen-bond donors (Lipinski definition) is 0. The van der Waals surface area contributed by atoms with Gasteiger partial charge in [0.1, 0.15) is 0 Å². The molecule has 1 aromatic rings. The molecule has 3 rings (SSSR count). The Kier molecular flexibility index (Phi) is 2.43. The van der Waals surface area contributed by atoms with Crippen LogP contribution in [-0.2, 0) is 5.41 Å². The number of benzene rings is 1. The zero-order chi connectivity index (χ0) is 11.2. The molecule has 0 amide bonds. The average Bonchev–Trinajstić information content (AvgIpc) is 2.55. The maximum absolute atomic E-state index is 4.77. The molecular formula is C14H16BrN. The molecule has 0 unspecified atom stereocenters. The summed E-state index contributed by atoms with van der Waals surface area (Å²) in [5.74, 6) is 0. The molecular weight excluding hydrogens is 262 g/mol. The summed E-state index contributed by atoms with van der Waals surface area (Å²) in [5, 5.41) is 0. The fourth-order valence-electron chi connectivity index (χ4n) is 3.26. The number of fused-ring (bicyclic) bond motifs is 2. The Bertz CT molecular complexity index is 456. The van der Waals surface area contributed by atoms with Crippen molar-refractivity contribution in [2.24, 2.45) is 4.99 Å². The summed E-state index contributed by atoms with van der Waals surface area (Å²) < 4.78 is 1.18. The van der Waals surface area contributed by atoms with E-state index in [1.165, 1.54) is 53.5 Å². The lowest BCUT2D eigenvalue weighted by molar-refractivity contribution is 0.384. The molecule has 0 N–H and O–H groups in total. The number of hydrogen-bond acceptors (Lipinski definition) is 1. The number of rotatable bonds is 0. The SMILES string of the molecule is CC1=Nc2ccc(Br)cc2C12CCCCC2. The van der Waals surface area contributed by atoms with Crippen LogP contribution in [-0.4, -0.2) is 5.71 Å². The van der Waals surface area contributed by atoms with Gasteiger partial charge in [0.15, 0.2) is 0 Å². The lowest BCUT2D eigenvalue weighted by atomic mass is 9.68. The van der Waals surface area contributed by atoms with Gasteiger partial charge in [-0.15, -0.1) is 0 Å². The molecule has 1 heterocycles. The highest BCUT2D eigenvalue weighted by Crippen LogP contribution is 2.49. The van der Waals surface area contributed by atoms with Gasteiger partial charge in [0, 0.05) is 15.6 Å². The van der Waals surface area contributed by atoms with E-state index < -0.39 is 0 Å². The zero-order valence-electron chi connectivity index (χ0n) is 9.59. The Hall–Kier alpha value is -0.630. The summed E-state index contributed by atoms with van der Waals surface area (Å²) in [4.78, 5) is 4.77. The van der Waals surface area contributed by atoms with Crippen molar-refractivity contribution in [2.75, 3.05) is 0 Å². The molecule has 16 heavy (non-hydrogen) atoms. The predicted molar refractivity (Wildman–Crippen MR) is 71.7 cm³/mol. The third kappa shape index (κ3) is 1.39. The lowest BCUT2D eigenvalue weighted by Gasteiger charge is -2.34. The van der Waals surface area contributed by atoms with Crippen LogP contribution in [0.1, 0.15) is 44.6 Å². The minimum Gasteiger partial charge on any atom is -0.257 e. The first kappa shape index (κ1) is 10.5. The minimum absolute atomic E-state index is 0.275. The first-order chi connectivity index (χ1) is 7.72. The molecule has 1 fully saturated rings. The third-order valence-corrected chi connectivity index (χ3v) is 4.66. The molecule has 1 spiro atoms. The molecule has 0 aromatic heterocycles. The van der Waals surface area contributed by atoms with Crippen LogP contribution in [0.4, 0.5) is 5.69 Å².